The van der Waals surface area contributed by atoms with Crippen molar-refractivity contribution in [3.8, 4) is 0 Å². The van der Waals surface area contributed by atoms with Crippen molar-refractivity contribution in [1.82, 2.24) is 25.4 Å². The molecule has 1 aliphatic rings. The molecule has 2 atom stereocenters. The number of urea groups is 1. The van der Waals surface area contributed by atoms with E-state index < -0.39 is 12.0 Å². The average molecular weight is 267 g/mol. The number of H-pyrrole nitrogens is 1. The standard InChI is InChI=1S/C11H17N5O3/c1-7(9-12-6-13-15-9)14-11(19)16-5-3-2-4-8(16)10(17)18/h6-8H,2-5H2,1H3,(H,14,19)(H,17,18)(H,12,13,15). The first kappa shape index (κ1) is 13.3. The summed E-state index contributed by atoms with van der Waals surface area (Å²) in [6.07, 6.45) is 3.52. The molecule has 1 aromatic rings. The molecule has 2 rings (SSSR count). The second-order valence-electron chi connectivity index (χ2n) is 4.59. The molecule has 0 radical (unpaired) electrons. The lowest BCUT2D eigenvalue weighted by Gasteiger charge is -2.33. The van der Waals surface area contributed by atoms with Gasteiger partial charge >= 0.3 is 12.0 Å². The monoisotopic (exact) mass is 267 g/mol. The van der Waals surface area contributed by atoms with Crippen LogP contribution in [0, 0.1) is 0 Å². The van der Waals surface area contributed by atoms with Crippen LogP contribution in [0.15, 0.2) is 6.33 Å². The van der Waals surface area contributed by atoms with Crippen molar-refractivity contribution < 1.29 is 14.7 Å². The highest BCUT2D eigenvalue weighted by atomic mass is 16.4. The zero-order valence-corrected chi connectivity index (χ0v) is 10.7. The fourth-order valence-corrected chi connectivity index (χ4v) is 2.19. The van der Waals surface area contributed by atoms with E-state index in [-0.39, 0.29) is 12.1 Å². The van der Waals surface area contributed by atoms with Gasteiger partial charge in [0.2, 0.25) is 0 Å². The molecule has 19 heavy (non-hydrogen) atoms. The molecule has 2 unspecified atom stereocenters. The number of aliphatic carboxylic acids is 1. The summed E-state index contributed by atoms with van der Waals surface area (Å²) in [5, 5.41) is 18.2. The van der Waals surface area contributed by atoms with Gasteiger partial charge in [-0.05, 0) is 26.2 Å². The molecular formula is C11H17N5O3. The number of nitrogens with zero attached hydrogens (tertiary/aromatic N) is 3. The van der Waals surface area contributed by atoms with Gasteiger partial charge in [0.1, 0.15) is 18.2 Å². The topological polar surface area (TPSA) is 111 Å². The number of amides is 2. The molecule has 3 N–H and O–H groups in total. The lowest BCUT2D eigenvalue weighted by molar-refractivity contribution is -0.143. The predicted molar refractivity (Wildman–Crippen MR) is 65.3 cm³/mol. The second kappa shape index (κ2) is 5.68. The first-order chi connectivity index (χ1) is 9.09. The number of aromatic amines is 1. The van der Waals surface area contributed by atoms with Gasteiger partial charge in [-0.15, -0.1) is 0 Å². The number of carbonyl (C=O) groups is 2. The van der Waals surface area contributed by atoms with E-state index in [0.29, 0.717) is 18.8 Å². The first-order valence-corrected chi connectivity index (χ1v) is 6.25. The molecule has 1 aliphatic heterocycles. The number of hydrogen-bond donors (Lipinski definition) is 3. The van der Waals surface area contributed by atoms with Crippen LogP contribution >= 0.6 is 0 Å². The molecule has 1 saturated heterocycles. The highest BCUT2D eigenvalue weighted by molar-refractivity contribution is 5.83. The maximum Gasteiger partial charge on any atom is 0.326 e. The Morgan fingerprint density at radius 3 is 3.00 bits per heavy atom. The minimum atomic E-state index is -0.956. The first-order valence-electron chi connectivity index (χ1n) is 6.25. The van der Waals surface area contributed by atoms with Crippen LogP contribution in [0.5, 0.6) is 0 Å². The van der Waals surface area contributed by atoms with Gasteiger partial charge < -0.3 is 15.3 Å². The van der Waals surface area contributed by atoms with Gasteiger partial charge in [0, 0.05) is 6.54 Å². The second-order valence-corrected chi connectivity index (χ2v) is 4.59. The summed E-state index contributed by atoms with van der Waals surface area (Å²) in [4.78, 5) is 28.6. The Morgan fingerprint density at radius 2 is 2.37 bits per heavy atom. The molecule has 2 amide bonds. The fraction of sp³-hybridized carbons (Fsp3) is 0.636. The number of carboxylic acid groups (broad SMARTS) is 1. The Hall–Kier alpha value is -2.12. The van der Waals surface area contributed by atoms with Crippen molar-refractivity contribution in [2.24, 2.45) is 0 Å². The maximum absolute atomic E-state index is 12.1. The van der Waals surface area contributed by atoms with Crippen molar-refractivity contribution in [3.63, 3.8) is 0 Å². The Bertz CT molecular complexity index is 447. The van der Waals surface area contributed by atoms with E-state index in [0.717, 1.165) is 12.8 Å². The number of carboxylic acids is 1. The highest BCUT2D eigenvalue weighted by Crippen LogP contribution is 2.18. The Labute approximate surface area is 110 Å². The Morgan fingerprint density at radius 1 is 1.58 bits per heavy atom. The highest BCUT2D eigenvalue weighted by Gasteiger charge is 2.32. The van der Waals surface area contributed by atoms with E-state index in [2.05, 4.69) is 20.5 Å². The molecule has 0 aromatic carbocycles. The largest absolute Gasteiger partial charge is 0.480 e. The lowest BCUT2D eigenvalue weighted by atomic mass is 10.0. The van der Waals surface area contributed by atoms with Crippen LogP contribution in [-0.4, -0.2) is 49.8 Å². The molecule has 0 bridgehead atoms. The summed E-state index contributed by atoms with van der Waals surface area (Å²) in [5.41, 5.74) is 0. The molecule has 104 valence electrons. The predicted octanol–water partition coefficient (Wildman–Crippen LogP) is 0.514. The van der Waals surface area contributed by atoms with Crippen LogP contribution in [0.25, 0.3) is 0 Å². The molecule has 2 heterocycles. The summed E-state index contributed by atoms with van der Waals surface area (Å²) in [5.74, 6) is -0.417. The maximum atomic E-state index is 12.1. The third kappa shape index (κ3) is 3.01. The molecule has 0 aliphatic carbocycles. The molecule has 1 aromatic heterocycles. The summed E-state index contributed by atoms with van der Waals surface area (Å²) >= 11 is 0. The van der Waals surface area contributed by atoms with Gasteiger partial charge in [0.25, 0.3) is 0 Å². The quantitative estimate of drug-likeness (QED) is 0.739. The van der Waals surface area contributed by atoms with Gasteiger partial charge in [0.15, 0.2) is 0 Å². The van der Waals surface area contributed by atoms with E-state index in [1.54, 1.807) is 6.92 Å². The normalized spacial score (nSPS) is 20.9. The summed E-state index contributed by atoms with van der Waals surface area (Å²) in [6.45, 7) is 2.23. The number of rotatable bonds is 3. The van der Waals surface area contributed by atoms with E-state index in [1.807, 2.05) is 0 Å². The van der Waals surface area contributed by atoms with Crippen LogP contribution in [-0.2, 0) is 4.79 Å². The minimum Gasteiger partial charge on any atom is -0.480 e. The number of aromatic nitrogens is 3. The molecule has 8 nitrogen and oxygen atoms in total. The molecule has 0 saturated carbocycles. The van der Waals surface area contributed by atoms with Crippen molar-refractivity contribution in [2.75, 3.05) is 6.54 Å². The molecular weight excluding hydrogens is 250 g/mol. The van der Waals surface area contributed by atoms with Crippen molar-refractivity contribution >= 4 is 12.0 Å². The average Bonchev–Trinajstić information content (AvgIpc) is 2.92. The molecule has 8 heteroatoms. The smallest absolute Gasteiger partial charge is 0.326 e. The Kier molecular flexibility index (Phi) is 3.98. The number of carbonyl (C=O) groups excluding carboxylic acids is 1. The lowest BCUT2D eigenvalue weighted by Crippen LogP contribution is -2.52. The number of nitrogens with one attached hydrogen (secondary N) is 2. The van der Waals surface area contributed by atoms with E-state index in [4.69, 9.17) is 5.11 Å². The summed E-state index contributed by atoms with van der Waals surface area (Å²) in [7, 11) is 0. The molecule has 1 fully saturated rings. The number of piperidine rings is 1. The number of likely N-dealkylation sites (tertiary alicyclic amines) is 1. The van der Waals surface area contributed by atoms with Crippen LogP contribution < -0.4 is 5.32 Å². The SMILES string of the molecule is CC(NC(=O)N1CCCCC1C(=O)O)c1ncn[nH]1. The third-order valence-corrected chi connectivity index (χ3v) is 3.23. The number of hydrogen-bond acceptors (Lipinski definition) is 4. The van der Waals surface area contributed by atoms with Gasteiger partial charge in [-0.25, -0.2) is 14.6 Å². The third-order valence-electron chi connectivity index (χ3n) is 3.23. The van der Waals surface area contributed by atoms with E-state index >= 15 is 0 Å². The van der Waals surface area contributed by atoms with Gasteiger partial charge in [0.05, 0.1) is 6.04 Å². The minimum absolute atomic E-state index is 0.341. The summed E-state index contributed by atoms with van der Waals surface area (Å²) < 4.78 is 0. The molecule has 0 spiro atoms. The zero-order chi connectivity index (χ0) is 13.8. The summed E-state index contributed by atoms with van der Waals surface area (Å²) in [6, 6.07) is -1.46. The zero-order valence-electron chi connectivity index (χ0n) is 10.7. The van der Waals surface area contributed by atoms with E-state index in [9.17, 15) is 9.59 Å². The van der Waals surface area contributed by atoms with Crippen molar-refractivity contribution in [1.29, 1.82) is 0 Å². The van der Waals surface area contributed by atoms with Crippen molar-refractivity contribution in [2.45, 2.75) is 38.3 Å². The van der Waals surface area contributed by atoms with E-state index in [1.165, 1.54) is 11.2 Å². The van der Waals surface area contributed by atoms with Crippen LogP contribution in [0.4, 0.5) is 4.79 Å². The fourth-order valence-electron chi connectivity index (χ4n) is 2.19. The van der Waals surface area contributed by atoms with Crippen LogP contribution in [0.3, 0.4) is 0 Å². The van der Waals surface area contributed by atoms with Gasteiger partial charge in [-0.3, -0.25) is 5.10 Å². The van der Waals surface area contributed by atoms with Crippen LogP contribution in [0.2, 0.25) is 0 Å². The van der Waals surface area contributed by atoms with Crippen molar-refractivity contribution in [3.05, 3.63) is 12.2 Å². The Balaban J connectivity index is 2.00. The van der Waals surface area contributed by atoms with Gasteiger partial charge in [-0.2, -0.15) is 5.10 Å². The van der Waals surface area contributed by atoms with Crippen LogP contribution in [0.1, 0.15) is 38.1 Å². The van der Waals surface area contributed by atoms with Gasteiger partial charge in [-0.1, -0.05) is 0 Å².